The Morgan fingerprint density at radius 2 is 2.12 bits per heavy atom. The maximum Gasteiger partial charge on any atom is 0.329 e. The number of anilines is 2. The number of methoxy groups -OCH3 is 1. The molecule has 1 heterocycles. The summed E-state index contributed by atoms with van der Waals surface area (Å²) in [6, 6.07) is 7.50. The minimum absolute atomic E-state index is 0.108. The molecule has 3 N–H and O–H groups in total. The van der Waals surface area contributed by atoms with Gasteiger partial charge in [0.05, 0.1) is 23.9 Å². The maximum atomic E-state index is 11.6. The van der Waals surface area contributed by atoms with Crippen LogP contribution in [0.15, 0.2) is 29.4 Å². The van der Waals surface area contributed by atoms with E-state index in [1.807, 2.05) is 24.3 Å². The van der Waals surface area contributed by atoms with Crippen molar-refractivity contribution in [3.05, 3.63) is 34.3 Å². The molecule has 1 aliphatic carbocycles. The van der Waals surface area contributed by atoms with Crippen LogP contribution in [0.25, 0.3) is 0 Å². The van der Waals surface area contributed by atoms with E-state index in [0.717, 1.165) is 18.5 Å². The predicted octanol–water partition coefficient (Wildman–Crippen LogP) is 2.28. The average Bonchev–Trinajstić information content (AvgIpc) is 3.38. The number of nitrogens with one attached hydrogen (secondary N) is 3. The zero-order valence-electron chi connectivity index (χ0n) is 13.8. The third-order valence-corrected chi connectivity index (χ3v) is 4.73. The van der Waals surface area contributed by atoms with Crippen LogP contribution in [0.4, 0.5) is 10.8 Å². The molecule has 1 aromatic carbocycles. The second-order valence-corrected chi connectivity index (χ2v) is 6.83. The number of para-hydroxylation sites is 2. The molecule has 10 heteroatoms. The van der Waals surface area contributed by atoms with Gasteiger partial charge in [-0.2, -0.15) is 5.10 Å². The van der Waals surface area contributed by atoms with E-state index in [1.165, 1.54) is 17.6 Å². The Balaban J connectivity index is 1.60. The number of rotatable bonds is 6. The van der Waals surface area contributed by atoms with Gasteiger partial charge in [-0.05, 0) is 25.0 Å². The second-order valence-electron chi connectivity index (χ2n) is 5.45. The summed E-state index contributed by atoms with van der Waals surface area (Å²) in [5.74, 6) is -0.845. The van der Waals surface area contributed by atoms with E-state index in [2.05, 4.69) is 26.1 Å². The van der Waals surface area contributed by atoms with E-state index in [-0.39, 0.29) is 11.2 Å². The molecular weight excluding hydrogens is 378 g/mol. The van der Waals surface area contributed by atoms with Gasteiger partial charge in [0.25, 0.3) is 0 Å². The van der Waals surface area contributed by atoms with Crippen molar-refractivity contribution in [2.45, 2.75) is 18.9 Å². The minimum Gasteiger partial charge on any atom is -0.495 e. The summed E-state index contributed by atoms with van der Waals surface area (Å²) in [6.07, 6.45) is 3.15. The van der Waals surface area contributed by atoms with Crippen LogP contribution in [0.5, 0.6) is 5.75 Å². The van der Waals surface area contributed by atoms with E-state index >= 15 is 0 Å². The highest BCUT2D eigenvalue weighted by molar-refractivity contribution is 7.17. The van der Waals surface area contributed by atoms with Crippen LogP contribution in [0.2, 0.25) is 5.15 Å². The Hall–Kier alpha value is -2.65. The molecule has 1 saturated carbocycles. The molecule has 26 heavy (non-hydrogen) atoms. The molecule has 8 nitrogen and oxygen atoms in total. The summed E-state index contributed by atoms with van der Waals surface area (Å²) in [6.45, 7) is 0. The number of nitrogens with zero attached hydrogens (tertiary/aromatic N) is 2. The maximum absolute atomic E-state index is 11.6. The number of carbonyl (C=O) groups is 2. The summed E-state index contributed by atoms with van der Waals surface area (Å²) >= 11 is 7.33. The van der Waals surface area contributed by atoms with Gasteiger partial charge in [-0.25, -0.2) is 10.4 Å². The lowest BCUT2D eigenvalue weighted by molar-refractivity contribution is -0.139. The molecule has 0 saturated heterocycles. The number of amides is 2. The largest absolute Gasteiger partial charge is 0.495 e. The van der Waals surface area contributed by atoms with Crippen molar-refractivity contribution in [2.24, 2.45) is 5.10 Å². The first-order chi connectivity index (χ1) is 12.6. The summed E-state index contributed by atoms with van der Waals surface area (Å²) in [5, 5.41) is 10.2. The first-order valence-corrected chi connectivity index (χ1v) is 8.96. The summed E-state index contributed by atoms with van der Waals surface area (Å²) < 4.78 is 5.27. The third-order valence-electron chi connectivity index (χ3n) is 3.42. The van der Waals surface area contributed by atoms with E-state index < -0.39 is 11.8 Å². The summed E-state index contributed by atoms with van der Waals surface area (Å²) in [7, 11) is 1.58. The van der Waals surface area contributed by atoms with Gasteiger partial charge in [0.1, 0.15) is 5.75 Å². The predicted molar refractivity (Wildman–Crippen MR) is 100 cm³/mol. The monoisotopic (exact) mass is 393 g/mol. The standard InChI is InChI=1S/C16H16ClN5O3S/c1-25-11-5-3-2-4-10(11)20-16-21-13(17)12(26-16)8-18-22-15(24)14(23)19-9-6-7-9/h2-5,8-9H,6-7H2,1H3,(H,19,23)(H,20,21)(H,22,24)/b18-8+. The Labute approximate surface area is 158 Å². The molecule has 1 fully saturated rings. The molecule has 2 aromatic rings. The molecule has 136 valence electrons. The van der Waals surface area contributed by atoms with Gasteiger partial charge in [-0.15, -0.1) is 0 Å². The van der Waals surface area contributed by atoms with Gasteiger partial charge in [0.15, 0.2) is 10.3 Å². The van der Waals surface area contributed by atoms with Crippen LogP contribution < -0.4 is 20.8 Å². The fourth-order valence-electron chi connectivity index (χ4n) is 1.99. The molecule has 0 atom stereocenters. The summed E-state index contributed by atoms with van der Waals surface area (Å²) in [5.41, 5.74) is 2.91. The van der Waals surface area contributed by atoms with E-state index in [4.69, 9.17) is 16.3 Å². The lowest BCUT2D eigenvalue weighted by Gasteiger charge is -2.07. The first-order valence-electron chi connectivity index (χ1n) is 7.77. The normalized spacial score (nSPS) is 13.5. The van der Waals surface area contributed by atoms with Crippen LogP contribution in [0.3, 0.4) is 0 Å². The zero-order chi connectivity index (χ0) is 18.5. The van der Waals surface area contributed by atoms with Crippen molar-refractivity contribution in [2.75, 3.05) is 12.4 Å². The van der Waals surface area contributed by atoms with Crippen LogP contribution in [-0.4, -0.2) is 36.2 Å². The van der Waals surface area contributed by atoms with Crippen molar-refractivity contribution in [3.8, 4) is 5.75 Å². The number of hydrogen-bond acceptors (Lipinski definition) is 7. The van der Waals surface area contributed by atoms with Gasteiger partial charge < -0.3 is 15.4 Å². The molecule has 0 unspecified atom stereocenters. The number of benzene rings is 1. The van der Waals surface area contributed by atoms with Crippen LogP contribution in [-0.2, 0) is 9.59 Å². The number of thiazole rings is 1. The average molecular weight is 394 g/mol. The fraction of sp³-hybridized carbons (Fsp3) is 0.250. The highest BCUT2D eigenvalue weighted by Crippen LogP contribution is 2.31. The third kappa shape index (κ3) is 4.70. The van der Waals surface area contributed by atoms with Crippen molar-refractivity contribution >= 4 is 51.8 Å². The highest BCUT2D eigenvalue weighted by atomic mass is 35.5. The van der Waals surface area contributed by atoms with Gasteiger partial charge in [-0.3, -0.25) is 9.59 Å². The van der Waals surface area contributed by atoms with Gasteiger partial charge >= 0.3 is 11.8 Å². The van der Waals surface area contributed by atoms with Gasteiger partial charge in [0.2, 0.25) is 0 Å². The van der Waals surface area contributed by atoms with E-state index in [9.17, 15) is 9.59 Å². The molecule has 2 amide bonds. The lowest BCUT2D eigenvalue weighted by Crippen LogP contribution is -2.38. The Bertz CT molecular complexity index is 850. The molecule has 0 bridgehead atoms. The van der Waals surface area contributed by atoms with E-state index in [1.54, 1.807) is 7.11 Å². The molecule has 1 aliphatic rings. The SMILES string of the molecule is COc1ccccc1Nc1nc(Cl)c(/C=N/NC(=O)C(=O)NC2CC2)s1. The second kappa shape index (κ2) is 8.15. The van der Waals surface area contributed by atoms with E-state index in [0.29, 0.717) is 15.8 Å². The molecular formula is C16H16ClN5O3S. The van der Waals surface area contributed by atoms with Gasteiger partial charge in [-0.1, -0.05) is 35.1 Å². The number of hydrogen-bond donors (Lipinski definition) is 3. The Morgan fingerprint density at radius 1 is 1.35 bits per heavy atom. The topological polar surface area (TPSA) is 105 Å². The number of halogens is 1. The van der Waals surface area contributed by atoms with Crippen LogP contribution in [0, 0.1) is 0 Å². The number of aromatic nitrogens is 1. The fourth-order valence-corrected chi connectivity index (χ4v) is 3.03. The van der Waals surface area contributed by atoms with Gasteiger partial charge in [0, 0.05) is 6.04 Å². The van der Waals surface area contributed by atoms with Crippen molar-refractivity contribution in [1.82, 2.24) is 15.7 Å². The Morgan fingerprint density at radius 3 is 2.85 bits per heavy atom. The summed E-state index contributed by atoms with van der Waals surface area (Å²) in [4.78, 5) is 27.8. The smallest absolute Gasteiger partial charge is 0.329 e. The number of carbonyl (C=O) groups excluding carboxylic acids is 2. The molecule has 1 aromatic heterocycles. The molecule has 0 spiro atoms. The zero-order valence-corrected chi connectivity index (χ0v) is 15.4. The number of ether oxygens (including phenoxy) is 1. The number of hydrazone groups is 1. The van der Waals surface area contributed by atoms with Crippen LogP contribution >= 0.6 is 22.9 Å². The van der Waals surface area contributed by atoms with Crippen molar-refractivity contribution in [1.29, 1.82) is 0 Å². The molecule has 0 aliphatic heterocycles. The molecule has 0 radical (unpaired) electrons. The minimum atomic E-state index is -0.818. The van der Waals surface area contributed by atoms with Crippen molar-refractivity contribution in [3.63, 3.8) is 0 Å². The van der Waals surface area contributed by atoms with Crippen LogP contribution in [0.1, 0.15) is 17.7 Å². The quantitative estimate of drug-likeness (QED) is 0.396. The first kappa shape index (κ1) is 18.2. The highest BCUT2D eigenvalue weighted by Gasteiger charge is 2.26. The van der Waals surface area contributed by atoms with Crippen molar-refractivity contribution < 1.29 is 14.3 Å². The Kier molecular flexibility index (Phi) is 5.69. The molecule has 3 rings (SSSR count). The lowest BCUT2D eigenvalue weighted by atomic mass is 10.3.